The lowest BCUT2D eigenvalue weighted by atomic mass is 10.2. The first-order valence-electron chi connectivity index (χ1n) is 7.38. The fourth-order valence-electron chi connectivity index (χ4n) is 2.56. The normalized spacial score (nSPS) is 10.7. The molecule has 0 unspecified atom stereocenters. The second-order valence-corrected chi connectivity index (χ2v) is 5.71. The molecule has 3 rings (SSSR count). The number of para-hydroxylation sites is 3. The number of thiol groups is 1. The van der Waals surface area contributed by atoms with Crippen LogP contribution in [-0.2, 0) is 7.05 Å². The van der Waals surface area contributed by atoms with Gasteiger partial charge in [0.1, 0.15) is 11.6 Å². The number of amides is 2. The van der Waals surface area contributed by atoms with Crippen LogP contribution >= 0.6 is 12.8 Å². The van der Waals surface area contributed by atoms with Gasteiger partial charge >= 0.3 is 6.03 Å². The van der Waals surface area contributed by atoms with Crippen LogP contribution < -0.4 is 14.4 Å². The van der Waals surface area contributed by atoms with Crippen LogP contribution in [0.15, 0.2) is 42.5 Å². The molecular formula is C17H18N4O2S. The first-order valence-corrected chi connectivity index (χ1v) is 7.78. The van der Waals surface area contributed by atoms with E-state index >= 15 is 0 Å². The maximum Gasteiger partial charge on any atom is 0.336 e. The topological polar surface area (TPSA) is 59.4 Å². The van der Waals surface area contributed by atoms with Crippen LogP contribution in [0.4, 0.5) is 16.2 Å². The van der Waals surface area contributed by atoms with E-state index in [4.69, 9.17) is 4.74 Å². The van der Waals surface area contributed by atoms with Gasteiger partial charge in [0.25, 0.3) is 0 Å². The number of carbonyl (C=O) groups is 1. The first kappa shape index (κ1) is 16.2. The van der Waals surface area contributed by atoms with Crippen LogP contribution in [0.2, 0.25) is 0 Å². The summed E-state index contributed by atoms with van der Waals surface area (Å²) in [6, 6.07) is 12.4. The summed E-state index contributed by atoms with van der Waals surface area (Å²) >= 11 is 4.38. The smallest absolute Gasteiger partial charge is 0.336 e. The van der Waals surface area contributed by atoms with Crippen molar-refractivity contribution in [3.05, 3.63) is 48.3 Å². The number of nitrogens with zero attached hydrogens (tertiary/aromatic N) is 3. The van der Waals surface area contributed by atoms with Crippen LogP contribution in [0.3, 0.4) is 0 Å². The zero-order chi connectivity index (χ0) is 17.3. The average molecular weight is 342 g/mol. The molecule has 7 heteroatoms. The molecule has 0 radical (unpaired) electrons. The third-order valence-electron chi connectivity index (χ3n) is 3.87. The maximum atomic E-state index is 12.6. The van der Waals surface area contributed by atoms with Crippen LogP contribution in [0, 0.1) is 6.92 Å². The van der Waals surface area contributed by atoms with Gasteiger partial charge in [-0.15, -0.1) is 0 Å². The SMILES string of the molecule is COc1ccccc1NC(=O)N(S)c1cccc2nc(C)n(C)c12. The highest BCUT2D eigenvalue weighted by Crippen LogP contribution is 2.30. The minimum absolute atomic E-state index is 0.380. The standard InChI is InChI=1S/C17H18N4O2S/c1-11-18-13-8-6-9-14(16(13)20(11)2)21(24)17(22)19-12-7-4-5-10-15(12)23-3/h4-10,24H,1-3H3,(H,19,22). The second-order valence-electron chi connectivity index (χ2n) is 5.31. The molecule has 0 atom stereocenters. The van der Waals surface area contributed by atoms with E-state index in [1.165, 1.54) is 4.31 Å². The van der Waals surface area contributed by atoms with Gasteiger partial charge in [-0.3, -0.25) is 0 Å². The van der Waals surface area contributed by atoms with Crippen LogP contribution in [0.25, 0.3) is 11.0 Å². The summed E-state index contributed by atoms with van der Waals surface area (Å²) in [6.07, 6.45) is 0. The summed E-state index contributed by atoms with van der Waals surface area (Å²) in [4.78, 5) is 17.1. The largest absolute Gasteiger partial charge is 0.495 e. The molecule has 1 N–H and O–H groups in total. The summed E-state index contributed by atoms with van der Waals surface area (Å²) in [5.74, 6) is 1.45. The van der Waals surface area contributed by atoms with E-state index in [1.54, 1.807) is 19.2 Å². The predicted octanol–water partition coefficient (Wildman–Crippen LogP) is 3.77. The fraction of sp³-hybridized carbons (Fsp3) is 0.176. The van der Waals surface area contributed by atoms with Crippen molar-refractivity contribution in [1.82, 2.24) is 9.55 Å². The minimum atomic E-state index is -0.380. The molecule has 0 spiro atoms. The Labute approximate surface area is 145 Å². The Bertz CT molecular complexity index is 907. The third-order valence-corrected chi connectivity index (χ3v) is 4.26. The van der Waals surface area contributed by atoms with Gasteiger partial charge in [0.05, 0.1) is 29.5 Å². The van der Waals surface area contributed by atoms with Crippen molar-refractivity contribution >= 4 is 41.3 Å². The van der Waals surface area contributed by atoms with Gasteiger partial charge in [-0.05, 0) is 31.2 Å². The van der Waals surface area contributed by atoms with E-state index in [2.05, 4.69) is 23.1 Å². The Morgan fingerprint density at radius 3 is 2.75 bits per heavy atom. The molecule has 6 nitrogen and oxygen atoms in total. The molecule has 2 amide bonds. The van der Waals surface area contributed by atoms with Gasteiger partial charge in [0.15, 0.2) is 0 Å². The van der Waals surface area contributed by atoms with E-state index in [0.717, 1.165) is 16.9 Å². The van der Waals surface area contributed by atoms with Crippen molar-refractivity contribution in [2.24, 2.45) is 7.05 Å². The monoisotopic (exact) mass is 342 g/mol. The quantitative estimate of drug-likeness (QED) is 0.712. The molecule has 0 aliphatic rings. The summed E-state index contributed by atoms with van der Waals surface area (Å²) in [7, 11) is 3.47. The lowest BCUT2D eigenvalue weighted by Crippen LogP contribution is -2.27. The number of hydrogen-bond acceptors (Lipinski definition) is 4. The van der Waals surface area contributed by atoms with Crippen molar-refractivity contribution in [2.75, 3.05) is 16.7 Å². The molecular weight excluding hydrogens is 324 g/mol. The number of rotatable bonds is 3. The van der Waals surface area contributed by atoms with E-state index in [9.17, 15) is 4.79 Å². The number of aryl methyl sites for hydroxylation is 2. The lowest BCUT2D eigenvalue weighted by Gasteiger charge is -2.19. The Kier molecular flexibility index (Phi) is 4.35. The number of carbonyl (C=O) groups excluding carboxylic acids is 1. The first-order chi connectivity index (χ1) is 11.5. The van der Waals surface area contributed by atoms with E-state index in [0.29, 0.717) is 17.1 Å². The maximum absolute atomic E-state index is 12.6. The van der Waals surface area contributed by atoms with E-state index in [1.807, 2.05) is 48.9 Å². The van der Waals surface area contributed by atoms with Crippen LogP contribution in [-0.4, -0.2) is 22.7 Å². The van der Waals surface area contributed by atoms with Gasteiger partial charge in [0.2, 0.25) is 0 Å². The molecule has 3 aromatic rings. The minimum Gasteiger partial charge on any atom is -0.495 e. The van der Waals surface area contributed by atoms with Crippen LogP contribution in [0.5, 0.6) is 5.75 Å². The number of urea groups is 1. The number of fused-ring (bicyclic) bond motifs is 1. The number of aromatic nitrogens is 2. The molecule has 24 heavy (non-hydrogen) atoms. The highest BCUT2D eigenvalue weighted by molar-refractivity contribution is 7.82. The molecule has 0 aliphatic heterocycles. The molecule has 2 aromatic carbocycles. The van der Waals surface area contributed by atoms with Crippen molar-refractivity contribution < 1.29 is 9.53 Å². The summed E-state index contributed by atoms with van der Waals surface area (Å²) in [6.45, 7) is 1.92. The fourth-order valence-corrected chi connectivity index (χ4v) is 2.77. The van der Waals surface area contributed by atoms with Crippen molar-refractivity contribution in [2.45, 2.75) is 6.92 Å². The zero-order valence-corrected chi connectivity index (χ0v) is 14.5. The summed E-state index contributed by atoms with van der Waals surface area (Å²) in [5.41, 5.74) is 2.90. The molecule has 0 saturated heterocycles. The number of imidazole rings is 1. The Hall–Kier alpha value is -2.67. The van der Waals surface area contributed by atoms with Crippen molar-refractivity contribution in [3.63, 3.8) is 0 Å². The van der Waals surface area contributed by atoms with Crippen molar-refractivity contribution in [1.29, 1.82) is 0 Å². The highest BCUT2D eigenvalue weighted by Gasteiger charge is 2.19. The second kappa shape index (κ2) is 6.45. The van der Waals surface area contributed by atoms with Gasteiger partial charge in [-0.2, -0.15) is 0 Å². The van der Waals surface area contributed by atoms with Gasteiger partial charge in [-0.1, -0.05) is 31.0 Å². The Morgan fingerprint density at radius 1 is 1.25 bits per heavy atom. The Morgan fingerprint density at radius 2 is 2.00 bits per heavy atom. The highest BCUT2D eigenvalue weighted by atomic mass is 32.1. The molecule has 0 bridgehead atoms. The molecule has 1 heterocycles. The van der Waals surface area contributed by atoms with E-state index < -0.39 is 0 Å². The number of benzene rings is 2. The van der Waals surface area contributed by atoms with Gasteiger partial charge in [0, 0.05) is 7.05 Å². The number of methoxy groups -OCH3 is 1. The summed E-state index contributed by atoms with van der Waals surface area (Å²) < 4.78 is 8.46. The van der Waals surface area contributed by atoms with Gasteiger partial charge < -0.3 is 14.6 Å². The lowest BCUT2D eigenvalue weighted by molar-refractivity contribution is 0.260. The summed E-state index contributed by atoms with van der Waals surface area (Å²) in [5, 5.41) is 2.81. The molecule has 0 saturated carbocycles. The van der Waals surface area contributed by atoms with E-state index in [-0.39, 0.29) is 6.03 Å². The molecule has 1 aromatic heterocycles. The number of ether oxygens (including phenoxy) is 1. The zero-order valence-electron chi connectivity index (χ0n) is 13.6. The average Bonchev–Trinajstić information content (AvgIpc) is 2.89. The number of anilines is 2. The molecule has 0 aliphatic carbocycles. The van der Waals surface area contributed by atoms with Crippen LogP contribution in [0.1, 0.15) is 5.82 Å². The number of hydrogen-bond donors (Lipinski definition) is 2. The third kappa shape index (κ3) is 2.78. The Balaban J connectivity index is 1.94. The van der Waals surface area contributed by atoms with Crippen molar-refractivity contribution in [3.8, 4) is 5.75 Å². The molecule has 124 valence electrons. The molecule has 0 fully saturated rings. The van der Waals surface area contributed by atoms with Gasteiger partial charge in [-0.25, -0.2) is 14.1 Å². The number of nitrogens with one attached hydrogen (secondary N) is 1. The predicted molar refractivity (Wildman–Crippen MR) is 98.9 cm³/mol.